The molecule has 1 aliphatic heterocycles. The van der Waals surface area contributed by atoms with Crippen LogP contribution in [-0.4, -0.2) is 48.7 Å². The lowest BCUT2D eigenvalue weighted by molar-refractivity contribution is 0.00720. The van der Waals surface area contributed by atoms with Crippen molar-refractivity contribution in [3.8, 4) is 5.75 Å². The number of likely N-dealkylation sites (tertiary alicyclic amines) is 1. The topological polar surface area (TPSA) is 51.7 Å². The van der Waals surface area contributed by atoms with Gasteiger partial charge >= 0.3 is 0 Å². The number of rotatable bonds is 4. The molecule has 1 atom stereocenters. The van der Waals surface area contributed by atoms with E-state index < -0.39 is 0 Å². The van der Waals surface area contributed by atoms with Crippen molar-refractivity contribution in [3.05, 3.63) is 35.5 Å². The number of benzene rings is 1. The molecule has 1 unspecified atom stereocenters. The SMILES string of the molecule is CCOC1CCCN(C(=O)c2cc3cc(OC)ccc3nc2C)C1. The van der Waals surface area contributed by atoms with Gasteiger partial charge in [-0.3, -0.25) is 9.78 Å². The number of hydrogen-bond donors (Lipinski definition) is 0. The second-order valence-electron chi connectivity index (χ2n) is 6.15. The van der Waals surface area contributed by atoms with E-state index in [-0.39, 0.29) is 12.0 Å². The minimum Gasteiger partial charge on any atom is -0.497 e. The first kappa shape index (κ1) is 16.7. The molecular weight excluding hydrogens is 304 g/mol. The third kappa shape index (κ3) is 3.36. The number of fused-ring (bicyclic) bond motifs is 1. The van der Waals surface area contributed by atoms with Crippen molar-refractivity contribution < 1.29 is 14.3 Å². The molecule has 3 rings (SSSR count). The summed E-state index contributed by atoms with van der Waals surface area (Å²) in [4.78, 5) is 19.4. The highest BCUT2D eigenvalue weighted by Gasteiger charge is 2.26. The average Bonchev–Trinajstić information content (AvgIpc) is 2.60. The van der Waals surface area contributed by atoms with Gasteiger partial charge < -0.3 is 14.4 Å². The van der Waals surface area contributed by atoms with E-state index in [1.54, 1.807) is 7.11 Å². The number of nitrogens with zero attached hydrogens (tertiary/aromatic N) is 2. The summed E-state index contributed by atoms with van der Waals surface area (Å²) in [5.41, 5.74) is 2.29. The fraction of sp³-hybridized carbons (Fsp3) is 0.474. The van der Waals surface area contributed by atoms with Crippen LogP contribution in [0.3, 0.4) is 0 Å². The van der Waals surface area contributed by atoms with Gasteiger partial charge in [-0.25, -0.2) is 0 Å². The number of ether oxygens (including phenoxy) is 2. The molecule has 1 aromatic heterocycles. The van der Waals surface area contributed by atoms with Gasteiger partial charge in [-0.2, -0.15) is 0 Å². The van der Waals surface area contributed by atoms with Gasteiger partial charge in [0.05, 0.1) is 30.0 Å². The van der Waals surface area contributed by atoms with Crippen LogP contribution in [0, 0.1) is 6.92 Å². The van der Waals surface area contributed by atoms with Crippen LogP contribution in [0.2, 0.25) is 0 Å². The van der Waals surface area contributed by atoms with Crippen LogP contribution in [0.4, 0.5) is 0 Å². The minimum atomic E-state index is 0.0362. The second kappa shape index (κ2) is 7.18. The van der Waals surface area contributed by atoms with Crippen molar-refractivity contribution >= 4 is 16.8 Å². The van der Waals surface area contributed by atoms with Gasteiger partial charge in [-0.15, -0.1) is 0 Å². The predicted octanol–water partition coefficient (Wildman–Crippen LogP) is 3.19. The molecule has 1 amide bonds. The normalized spacial score (nSPS) is 18.0. The molecule has 0 radical (unpaired) electrons. The summed E-state index contributed by atoms with van der Waals surface area (Å²) in [7, 11) is 1.64. The Labute approximate surface area is 142 Å². The van der Waals surface area contributed by atoms with Gasteiger partial charge in [0.25, 0.3) is 5.91 Å². The van der Waals surface area contributed by atoms with Gasteiger partial charge in [0.1, 0.15) is 5.75 Å². The van der Waals surface area contributed by atoms with Crippen LogP contribution in [-0.2, 0) is 4.74 Å². The van der Waals surface area contributed by atoms with Crippen molar-refractivity contribution in [2.45, 2.75) is 32.8 Å². The van der Waals surface area contributed by atoms with E-state index in [9.17, 15) is 4.79 Å². The fourth-order valence-corrected chi connectivity index (χ4v) is 3.26. The van der Waals surface area contributed by atoms with Crippen molar-refractivity contribution in [2.24, 2.45) is 0 Å². The summed E-state index contributed by atoms with van der Waals surface area (Å²) in [6, 6.07) is 7.64. The number of carbonyl (C=O) groups is 1. The van der Waals surface area contributed by atoms with Gasteiger partial charge in [0.2, 0.25) is 0 Å². The molecule has 128 valence electrons. The highest BCUT2D eigenvalue weighted by atomic mass is 16.5. The monoisotopic (exact) mass is 328 g/mol. The Morgan fingerprint density at radius 1 is 1.38 bits per heavy atom. The van der Waals surface area contributed by atoms with Crippen LogP contribution < -0.4 is 4.74 Å². The summed E-state index contributed by atoms with van der Waals surface area (Å²) in [6.45, 7) is 6.00. The number of carbonyl (C=O) groups excluding carboxylic acids is 1. The summed E-state index contributed by atoms with van der Waals surface area (Å²) >= 11 is 0. The molecule has 1 fully saturated rings. The van der Waals surface area contributed by atoms with Crippen LogP contribution >= 0.6 is 0 Å². The molecule has 2 heterocycles. The second-order valence-corrected chi connectivity index (χ2v) is 6.15. The molecule has 5 nitrogen and oxygen atoms in total. The number of methoxy groups -OCH3 is 1. The van der Waals surface area contributed by atoms with E-state index in [1.165, 1.54) is 0 Å². The number of hydrogen-bond acceptors (Lipinski definition) is 4. The summed E-state index contributed by atoms with van der Waals surface area (Å²) in [5.74, 6) is 0.801. The average molecular weight is 328 g/mol. The Morgan fingerprint density at radius 3 is 2.96 bits per heavy atom. The smallest absolute Gasteiger partial charge is 0.255 e. The highest BCUT2D eigenvalue weighted by molar-refractivity contribution is 5.98. The third-order valence-corrected chi connectivity index (χ3v) is 4.51. The summed E-state index contributed by atoms with van der Waals surface area (Å²) < 4.78 is 11.0. The van der Waals surface area contributed by atoms with Crippen molar-refractivity contribution in [3.63, 3.8) is 0 Å². The van der Waals surface area contributed by atoms with Crippen LogP contribution in [0.15, 0.2) is 24.3 Å². The molecule has 0 aliphatic carbocycles. The molecule has 5 heteroatoms. The molecule has 1 aliphatic rings. The van der Waals surface area contributed by atoms with E-state index >= 15 is 0 Å². The number of piperidine rings is 1. The van der Waals surface area contributed by atoms with Gasteiger partial charge in [0.15, 0.2) is 0 Å². The quantitative estimate of drug-likeness (QED) is 0.865. The zero-order valence-electron chi connectivity index (χ0n) is 14.5. The van der Waals surface area contributed by atoms with E-state index in [0.717, 1.165) is 41.7 Å². The van der Waals surface area contributed by atoms with Gasteiger partial charge in [-0.05, 0) is 51.0 Å². The third-order valence-electron chi connectivity index (χ3n) is 4.51. The molecule has 0 saturated carbocycles. The van der Waals surface area contributed by atoms with Crippen molar-refractivity contribution in [1.82, 2.24) is 9.88 Å². The Balaban J connectivity index is 1.89. The highest BCUT2D eigenvalue weighted by Crippen LogP contribution is 2.24. The Bertz CT molecular complexity index is 743. The zero-order valence-corrected chi connectivity index (χ0v) is 14.5. The standard InChI is InChI=1S/C19H24N2O3/c1-4-24-16-6-5-9-21(12-16)19(22)17-11-14-10-15(23-3)7-8-18(14)20-13(17)2/h7-8,10-11,16H,4-6,9,12H2,1-3H3. The maximum absolute atomic E-state index is 13.0. The molecule has 1 saturated heterocycles. The van der Waals surface area contributed by atoms with Crippen LogP contribution in [0.1, 0.15) is 35.8 Å². The lowest BCUT2D eigenvalue weighted by Crippen LogP contribution is -2.43. The molecule has 24 heavy (non-hydrogen) atoms. The fourth-order valence-electron chi connectivity index (χ4n) is 3.26. The molecule has 0 bridgehead atoms. The Kier molecular flexibility index (Phi) is 5.00. The number of amides is 1. The maximum Gasteiger partial charge on any atom is 0.255 e. The first-order chi connectivity index (χ1) is 11.6. The molecule has 2 aromatic rings. The van der Waals surface area contributed by atoms with Crippen molar-refractivity contribution in [1.29, 1.82) is 0 Å². The summed E-state index contributed by atoms with van der Waals surface area (Å²) in [6.07, 6.45) is 2.13. The molecular formula is C19H24N2O3. The maximum atomic E-state index is 13.0. The Morgan fingerprint density at radius 2 is 2.21 bits per heavy atom. The predicted molar refractivity (Wildman–Crippen MR) is 93.6 cm³/mol. The Hall–Kier alpha value is -2.14. The van der Waals surface area contributed by atoms with Gasteiger partial charge in [-0.1, -0.05) is 0 Å². The number of aryl methyl sites for hydroxylation is 1. The molecule has 0 spiro atoms. The van der Waals surface area contributed by atoms with E-state index in [0.29, 0.717) is 18.7 Å². The summed E-state index contributed by atoms with van der Waals surface area (Å²) in [5, 5.41) is 0.918. The molecule has 0 N–H and O–H groups in total. The minimum absolute atomic E-state index is 0.0362. The first-order valence-electron chi connectivity index (χ1n) is 8.48. The van der Waals surface area contributed by atoms with Crippen molar-refractivity contribution in [2.75, 3.05) is 26.8 Å². The first-order valence-corrected chi connectivity index (χ1v) is 8.48. The number of aromatic nitrogens is 1. The zero-order chi connectivity index (χ0) is 17.1. The number of pyridine rings is 1. The lowest BCUT2D eigenvalue weighted by atomic mass is 10.0. The lowest BCUT2D eigenvalue weighted by Gasteiger charge is -2.32. The van der Waals surface area contributed by atoms with E-state index in [4.69, 9.17) is 9.47 Å². The van der Waals surface area contributed by atoms with E-state index in [1.807, 2.05) is 43.0 Å². The molecule has 1 aromatic carbocycles. The largest absolute Gasteiger partial charge is 0.497 e. The van der Waals surface area contributed by atoms with E-state index in [2.05, 4.69) is 4.98 Å². The van der Waals surface area contributed by atoms with Crippen LogP contribution in [0.5, 0.6) is 5.75 Å². The van der Waals surface area contributed by atoms with Crippen LogP contribution in [0.25, 0.3) is 10.9 Å². The van der Waals surface area contributed by atoms with Gasteiger partial charge in [0, 0.05) is 25.1 Å².